The fourth-order valence-corrected chi connectivity index (χ4v) is 3.05. The summed E-state index contributed by atoms with van der Waals surface area (Å²) >= 11 is 0. The minimum atomic E-state index is 0.586. The van der Waals surface area contributed by atoms with Crippen molar-refractivity contribution in [2.75, 3.05) is 17.2 Å². The van der Waals surface area contributed by atoms with Crippen molar-refractivity contribution in [3.8, 4) is 0 Å². The van der Waals surface area contributed by atoms with E-state index in [0.29, 0.717) is 6.04 Å². The number of hydrogen-bond acceptors (Lipinski definition) is 3. The van der Waals surface area contributed by atoms with E-state index in [1.54, 1.807) is 0 Å². The first-order valence-corrected chi connectivity index (χ1v) is 7.06. The number of benzene rings is 1. The maximum Gasteiger partial charge on any atom is 0.0951 e. The van der Waals surface area contributed by atoms with Crippen molar-refractivity contribution in [3.05, 3.63) is 30.5 Å². The number of piperidine rings is 1. The molecule has 0 aliphatic carbocycles. The van der Waals surface area contributed by atoms with Gasteiger partial charge in [0.1, 0.15) is 0 Å². The van der Waals surface area contributed by atoms with Gasteiger partial charge in [0.2, 0.25) is 0 Å². The van der Waals surface area contributed by atoms with E-state index in [-0.39, 0.29) is 0 Å². The molecule has 3 rings (SSSR count). The second kappa shape index (κ2) is 4.72. The summed E-state index contributed by atoms with van der Waals surface area (Å²) in [6.45, 7) is 5.76. The van der Waals surface area contributed by atoms with Gasteiger partial charge in [0.05, 0.1) is 11.2 Å². The first kappa shape index (κ1) is 12.3. The van der Waals surface area contributed by atoms with Crippen LogP contribution in [0.3, 0.4) is 0 Å². The molecule has 1 aliphatic heterocycles. The topological polar surface area (TPSA) is 42.1 Å². The summed E-state index contributed by atoms with van der Waals surface area (Å²) in [5.74, 6) is 0.750. The lowest BCUT2D eigenvalue weighted by Gasteiger charge is -2.39. The van der Waals surface area contributed by atoms with E-state index in [9.17, 15) is 0 Å². The molecule has 1 aliphatic rings. The summed E-state index contributed by atoms with van der Waals surface area (Å²) in [6.07, 6.45) is 4.39. The first-order valence-electron chi connectivity index (χ1n) is 7.06. The molecule has 1 aromatic carbocycles. The molecule has 3 nitrogen and oxygen atoms in total. The smallest absolute Gasteiger partial charge is 0.0951 e. The number of fused-ring (bicyclic) bond motifs is 1. The van der Waals surface area contributed by atoms with Gasteiger partial charge in [0.15, 0.2) is 0 Å². The number of rotatable bonds is 1. The molecule has 0 bridgehead atoms. The van der Waals surface area contributed by atoms with E-state index in [2.05, 4.69) is 35.9 Å². The van der Waals surface area contributed by atoms with Crippen molar-refractivity contribution in [1.82, 2.24) is 4.98 Å². The van der Waals surface area contributed by atoms with Crippen LogP contribution in [0.5, 0.6) is 0 Å². The molecule has 2 N–H and O–H groups in total. The van der Waals surface area contributed by atoms with Gasteiger partial charge in [-0.3, -0.25) is 4.98 Å². The fourth-order valence-electron chi connectivity index (χ4n) is 3.05. The first-order chi connectivity index (χ1) is 9.16. The lowest BCUT2D eigenvalue weighted by atomic mass is 9.94. The largest absolute Gasteiger partial charge is 0.397 e. The van der Waals surface area contributed by atoms with Crippen LogP contribution >= 0.6 is 0 Å². The number of nitrogens with two attached hydrogens (primary N) is 1. The summed E-state index contributed by atoms with van der Waals surface area (Å²) < 4.78 is 0. The molecular weight excluding hydrogens is 234 g/mol. The Kier molecular flexibility index (Phi) is 3.05. The van der Waals surface area contributed by atoms with E-state index in [1.165, 1.54) is 23.9 Å². The Morgan fingerprint density at radius 1 is 1.21 bits per heavy atom. The van der Waals surface area contributed by atoms with Crippen LogP contribution in [0.4, 0.5) is 11.4 Å². The Balaban J connectivity index is 2.12. The lowest BCUT2D eigenvalue weighted by molar-refractivity contribution is 0.391. The normalized spacial score (nSPS) is 23.8. The fraction of sp³-hybridized carbons (Fsp3) is 0.438. The molecule has 0 spiro atoms. The van der Waals surface area contributed by atoms with Crippen LogP contribution in [-0.4, -0.2) is 17.6 Å². The molecule has 0 saturated carbocycles. The molecule has 0 amide bonds. The standard InChI is InChI=1S/C16H21N3/c1-11-5-6-12(2)19(10-11)15-8-7-14(17)16-13(15)4-3-9-18-16/h3-4,7-9,11-12H,5-6,10,17H2,1-2H3. The Hall–Kier alpha value is -1.77. The quantitative estimate of drug-likeness (QED) is 0.794. The van der Waals surface area contributed by atoms with Crippen LogP contribution in [0.15, 0.2) is 30.5 Å². The zero-order valence-corrected chi connectivity index (χ0v) is 11.6. The number of nitrogen functional groups attached to an aromatic ring is 1. The second-order valence-electron chi connectivity index (χ2n) is 5.76. The maximum absolute atomic E-state index is 6.04. The average Bonchev–Trinajstić information content (AvgIpc) is 2.43. The van der Waals surface area contributed by atoms with Crippen LogP contribution in [-0.2, 0) is 0 Å². The Bertz CT molecular complexity index is 594. The molecule has 1 aromatic heterocycles. The van der Waals surface area contributed by atoms with E-state index in [0.717, 1.165) is 23.7 Å². The van der Waals surface area contributed by atoms with Crippen molar-refractivity contribution in [3.63, 3.8) is 0 Å². The second-order valence-corrected chi connectivity index (χ2v) is 5.76. The highest BCUT2D eigenvalue weighted by Gasteiger charge is 2.24. The number of anilines is 2. The maximum atomic E-state index is 6.04. The Morgan fingerprint density at radius 2 is 2.05 bits per heavy atom. The summed E-state index contributed by atoms with van der Waals surface area (Å²) in [5.41, 5.74) is 8.99. The van der Waals surface area contributed by atoms with Crippen molar-refractivity contribution >= 4 is 22.3 Å². The van der Waals surface area contributed by atoms with Gasteiger partial charge < -0.3 is 10.6 Å². The lowest BCUT2D eigenvalue weighted by Crippen LogP contribution is -2.41. The number of nitrogens with zero attached hydrogens (tertiary/aromatic N) is 2. The molecule has 100 valence electrons. The predicted molar refractivity (Wildman–Crippen MR) is 81.4 cm³/mol. The van der Waals surface area contributed by atoms with Crippen LogP contribution in [0.25, 0.3) is 10.9 Å². The summed E-state index contributed by atoms with van der Waals surface area (Å²) in [7, 11) is 0. The van der Waals surface area contributed by atoms with Crippen molar-refractivity contribution in [2.45, 2.75) is 32.7 Å². The van der Waals surface area contributed by atoms with E-state index < -0.39 is 0 Å². The van der Waals surface area contributed by atoms with E-state index in [1.807, 2.05) is 18.3 Å². The third-order valence-electron chi connectivity index (χ3n) is 4.20. The van der Waals surface area contributed by atoms with Crippen molar-refractivity contribution < 1.29 is 0 Å². The Labute approximate surface area is 114 Å². The van der Waals surface area contributed by atoms with Gasteiger partial charge in [-0.15, -0.1) is 0 Å². The molecule has 2 heterocycles. The molecule has 19 heavy (non-hydrogen) atoms. The van der Waals surface area contributed by atoms with Gasteiger partial charge in [-0.1, -0.05) is 6.92 Å². The van der Waals surface area contributed by atoms with E-state index >= 15 is 0 Å². The third kappa shape index (κ3) is 2.14. The number of pyridine rings is 1. The van der Waals surface area contributed by atoms with Gasteiger partial charge in [0, 0.05) is 29.9 Å². The summed E-state index contributed by atoms with van der Waals surface area (Å²) in [4.78, 5) is 6.94. The van der Waals surface area contributed by atoms with Crippen molar-refractivity contribution in [1.29, 1.82) is 0 Å². The van der Waals surface area contributed by atoms with Gasteiger partial charge in [-0.2, -0.15) is 0 Å². The molecule has 3 heteroatoms. The highest BCUT2D eigenvalue weighted by Crippen LogP contribution is 2.34. The van der Waals surface area contributed by atoms with E-state index in [4.69, 9.17) is 5.73 Å². The SMILES string of the molecule is CC1CCC(C)N(c2ccc(N)c3ncccc23)C1. The van der Waals surface area contributed by atoms with Crippen LogP contribution in [0.1, 0.15) is 26.7 Å². The van der Waals surface area contributed by atoms with Gasteiger partial charge in [-0.05, 0) is 49.9 Å². The zero-order valence-electron chi connectivity index (χ0n) is 11.6. The number of aromatic nitrogens is 1. The van der Waals surface area contributed by atoms with Crippen LogP contribution in [0.2, 0.25) is 0 Å². The zero-order chi connectivity index (χ0) is 13.4. The summed E-state index contributed by atoms with van der Waals surface area (Å²) in [5, 5.41) is 1.17. The highest BCUT2D eigenvalue weighted by atomic mass is 15.2. The minimum Gasteiger partial charge on any atom is -0.397 e. The highest BCUT2D eigenvalue weighted by molar-refractivity contribution is 5.98. The van der Waals surface area contributed by atoms with Crippen LogP contribution in [0, 0.1) is 5.92 Å². The molecule has 1 saturated heterocycles. The van der Waals surface area contributed by atoms with Gasteiger partial charge >= 0.3 is 0 Å². The molecule has 2 aromatic rings. The molecule has 1 fully saturated rings. The minimum absolute atomic E-state index is 0.586. The number of hydrogen-bond donors (Lipinski definition) is 1. The van der Waals surface area contributed by atoms with Gasteiger partial charge in [-0.25, -0.2) is 0 Å². The van der Waals surface area contributed by atoms with Gasteiger partial charge in [0.25, 0.3) is 0 Å². The molecular formula is C16H21N3. The van der Waals surface area contributed by atoms with Crippen molar-refractivity contribution in [2.24, 2.45) is 5.92 Å². The predicted octanol–water partition coefficient (Wildman–Crippen LogP) is 3.44. The third-order valence-corrected chi connectivity index (χ3v) is 4.20. The summed E-state index contributed by atoms with van der Waals surface area (Å²) in [6, 6.07) is 8.83. The average molecular weight is 255 g/mol. The monoisotopic (exact) mass is 255 g/mol. The van der Waals surface area contributed by atoms with Crippen LogP contribution < -0.4 is 10.6 Å². The molecule has 0 radical (unpaired) electrons. The Morgan fingerprint density at radius 3 is 2.89 bits per heavy atom. The molecule has 2 unspecified atom stereocenters. The molecule has 2 atom stereocenters.